The Bertz CT molecular complexity index is 559. The van der Waals surface area contributed by atoms with Gasteiger partial charge in [-0.25, -0.2) is 0 Å². The van der Waals surface area contributed by atoms with Gasteiger partial charge in [0, 0.05) is 29.7 Å². The van der Waals surface area contributed by atoms with Crippen LogP contribution in [0.1, 0.15) is 17.3 Å². The van der Waals surface area contributed by atoms with Crippen LogP contribution in [0.3, 0.4) is 0 Å². The molecular weight excluding hydrogens is 324 g/mol. The summed E-state index contributed by atoms with van der Waals surface area (Å²) in [5.41, 5.74) is 0.526. The topological polar surface area (TPSA) is 57.7 Å². The number of nitrogens with zero attached hydrogens (tertiary/aromatic N) is 2. The molecule has 1 heterocycles. The van der Waals surface area contributed by atoms with Crippen molar-refractivity contribution in [1.82, 2.24) is 9.80 Å². The summed E-state index contributed by atoms with van der Waals surface area (Å²) < 4.78 is 0.807. The molecule has 0 aliphatic carbocycles. The molecule has 1 aliphatic rings. The lowest BCUT2D eigenvalue weighted by molar-refractivity contribution is -0.155. The van der Waals surface area contributed by atoms with Crippen molar-refractivity contribution in [2.75, 3.05) is 26.2 Å². The Kier molecular flexibility index (Phi) is 4.54. The van der Waals surface area contributed by atoms with Gasteiger partial charge in [0.05, 0.1) is 6.54 Å². The van der Waals surface area contributed by atoms with E-state index in [1.54, 1.807) is 18.2 Å². The van der Waals surface area contributed by atoms with Gasteiger partial charge in [0.15, 0.2) is 5.78 Å². The first-order valence-electron chi connectivity index (χ1n) is 6.40. The van der Waals surface area contributed by atoms with E-state index in [9.17, 15) is 14.4 Å². The number of Topliss-reactive ketones (excluding diaryl/α,β-unsaturated/α-hetero) is 1. The number of carbonyl (C=O) groups excluding carboxylic acids is 3. The molecule has 1 saturated heterocycles. The molecule has 1 fully saturated rings. The molecule has 0 aromatic heterocycles. The van der Waals surface area contributed by atoms with E-state index >= 15 is 0 Å². The number of likely N-dealkylation sites (N-methyl/N-ethyl adjacent to an activating group) is 1. The highest BCUT2D eigenvalue weighted by Gasteiger charge is 2.32. The van der Waals surface area contributed by atoms with Crippen LogP contribution in [-0.4, -0.2) is 53.6 Å². The van der Waals surface area contributed by atoms with Gasteiger partial charge in [-0.3, -0.25) is 14.4 Å². The minimum absolute atomic E-state index is 0.0570. The molecule has 5 nitrogen and oxygen atoms in total. The molecule has 1 aromatic rings. The van der Waals surface area contributed by atoms with Crippen LogP contribution in [0.4, 0.5) is 0 Å². The van der Waals surface area contributed by atoms with Crippen molar-refractivity contribution in [3.8, 4) is 0 Å². The van der Waals surface area contributed by atoms with E-state index in [1.165, 1.54) is 9.80 Å². The highest BCUT2D eigenvalue weighted by atomic mass is 79.9. The molecule has 1 aromatic carbocycles. The highest BCUT2D eigenvalue weighted by molar-refractivity contribution is 9.10. The Morgan fingerprint density at radius 3 is 2.50 bits per heavy atom. The van der Waals surface area contributed by atoms with Crippen molar-refractivity contribution in [1.29, 1.82) is 0 Å². The van der Waals surface area contributed by atoms with Crippen molar-refractivity contribution < 1.29 is 14.4 Å². The van der Waals surface area contributed by atoms with Crippen molar-refractivity contribution >= 4 is 33.5 Å². The molecule has 0 unspecified atom stereocenters. The zero-order chi connectivity index (χ0) is 14.7. The number of halogens is 1. The van der Waals surface area contributed by atoms with E-state index in [0.29, 0.717) is 25.2 Å². The number of ketones is 1. The second kappa shape index (κ2) is 6.17. The van der Waals surface area contributed by atoms with Crippen molar-refractivity contribution in [2.24, 2.45) is 0 Å². The zero-order valence-electron chi connectivity index (χ0n) is 11.1. The molecule has 2 amide bonds. The van der Waals surface area contributed by atoms with Crippen LogP contribution in [0.2, 0.25) is 0 Å². The van der Waals surface area contributed by atoms with E-state index in [4.69, 9.17) is 0 Å². The molecular formula is C14H15BrN2O3. The maximum absolute atomic E-state index is 12.1. The quantitative estimate of drug-likeness (QED) is 0.614. The zero-order valence-corrected chi connectivity index (χ0v) is 12.7. The first-order chi connectivity index (χ1) is 9.52. The van der Waals surface area contributed by atoms with Gasteiger partial charge in [0.25, 0.3) is 0 Å². The second-order valence-electron chi connectivity index (χ2n) is 4.55. The first kappa shape index (κ1) is 14.7. The van der Waals surface area contributed by atoms with Crippen molar-refractivity contribution in [3.63, 3.8) is 0 Å². The van der Waals surface area contributed by atoms with E-state index in [1.807, 2.05) is 13.0 Å². The molecule has 6 heteroatoms. The molecule has 1 aliphatic heterocycles. The monoisotopic (exact) mass is 338 g/mol. The summed E-state index contributed by atoms with van der Waals surface area (Å²) in [4.78, 5) is 38.6. The molecule has 0 bridgehead atoms. The van der Waals surface area contributed by atoms with Crippen LogP contribution in [0.5, 0.6) is 0 Å². The molecule has 0 saturated carbocycles. The van der Waals surface area contributed by atoms with Crippen LogP contribution in [0, 0.1) is 0 Å². The third-order valence-electron chi connectivity index (χ3n) is 3.26. The molecule has 2 rings (SSSR count). The van der Waals surface area contributed by atoms with Gasteiger partial charge in [-0.1, -0.05) is 28.1 Å². The largest absolute Gasteiger partial charge is 0.333 e. The summed E-state index contributed by atoms with van der Waals surface area (Å²) in [7, 11) is 0. The lowest BCUT2D eigenvalue weighted by Gasteiger charge is -2.32. The minimum Gasteiger partial charge on any atom is -0.333 e. The Morgan fingerprint density at radius 2 is 1.85 bits per heavy atom. The normalized spacial score (nSPS) is 15.7. The molecule has 20 heavy (non-hydrogen) atoms. The molecule has 0 spiro atoms. The van der Waals surface area contributed by atoms with Crippen LogP contribution in [-0.2, 0) is 9.59 Å². The number of rotatable bonds is 4. The number of amides is 2. The van der Waals surface area contributed by atoms with Crippen LogP contribution in [0.15, 0.2) is 28.7 Å². The van der Waals surface area contributed by atoms with Crippen LogP contribution in [0.25, 0.3) is 0 Å². The van der Waals surface area contributed by atoms with E-state index in [-0.39, 0.29) is 12.3 Å². The predicted molar refractivity (Wildman–Crippen MR) is 77.3 cm³/mol. The van der Waals surface area contributed by atoms with Crippen molar-refractivity contribution in [2.45, 2.75) is 6.92 Å². The van der Waals surface area contributed by atoms with Gasteiger partial charge in [-0.15, -0.1) is 0 Å². The van der Waals surface area contributed by atoms with Crippen molar-refractivity contribution in [3.05, 3.63) is 34.3 Å². The SMILES string of the molecule is CCN1CCN(CC(=O)c2cccc(Br)c2)C(=O)C1=O. The predicted octanol–water partition coefficient (Wildman–Crippen LogP) is 1.32. The minimum atomic E-state index is -0.596. The number of benzene rings is 1. The fourth-order valence-electron chi connectivity index (χ4n) is 2.09. The Labute approximate surface area is 125 Å². The highest BCUT2D eigenvalue weighted by Crippen LogP contribution is 2.13. The van der Waals surface area contributed by atoms with E-state index in [2.05, 4.69) is 15.9 Å². The maximum atomic E-state index is 12.1. The summed E-state index contributed by atoms with van der Waals surface area (Å²) in [5.74, 6) is -1.29. The smallest absolute Gasteiger partial charge is 0.312 e. The lowest BCUT2D eigenvalue weighted by Crippen LogP contribution is -2.55. The maximum Gasteiger partial charge on any atom is 0.312 e. The molecule has 0 radical (unpaired) electrons. The van der Waals surface area contributed by atoms with Gasteiger partial charge < -0.3 is 9.80 Å². The van der Waals surface area contributed by atoms with Gasteiger partial charge in [0.1, 0.15) is 0 Å². The summed E-state index contributed by atoms with van der Waals surface area (Å²) in [6.45, 7) is 3.16. The van der Waals surface area contributed by atoms with E-state index in [0.717, 1.165) is 4.47 Å². The Hall–Kier alpha value is -1.69. The first-order valence-corrected chi connectivity index (χ1v) is 7.19. The van der Waals surface area contributed by atoms with Crippen LogP contribution < -0.4 is 0 Å². The Morgan fingerprint density at radius 1 is 1.20 bits per heavy atom. The summed E-state index contributed by atoms with van der Waals surface area (Å²) >= 11 is 3.30. The van der Waals surface area contributed by atoms with E-state index < -0.39 is 11.8 Å². The summed E-state index contributed by atoms with van der Waals surface area (Å²) in [5, 5.41) is 0. The second-order valence-corrected chi connectivity index (χ2v) is 5.46. The number of piperazine rings is 1. The number of hydrogen-bond acceptors (Lipinski definition) is 3. The third kappa shape index (κ3) is 3.07. The number of hydrogen-bond donors (Lipinski definition) is 0. The summed E-state index contributed by atoms with van der Waals surface area (Å²) in [6.07, 6.45) is 0. The van der Waals surface area contributed by atoms with Gasteiger partial charge in [-0.2, -0.15) is 0 Å². The summed E-state index contributed by atoms with van der Waals surface area (Å²) in [6, 6.07) is 6.99. The molecule has 106 valence electrons. The van der Waals surface area contributed by atoms with Gasteiger partial charge in [0.2, 0.25) is 0 Å². The number of carbonyl (C=O) groups is 3. The standard InChI is InChI=1S/C14H15BrN2O3/c1-2-16-6-7-17(14(20)13(16)19)9-12(18)10-4-3-5-11(15)8-10/h3-5,8H,2,6-7,9H2,1H3. The van der Waals surface area contributed by atoms with Gasteiger partial charge >= 0.3 is 11.8 Å². The Balaban J connectivity index is 2.05. The van der Waals surface area contributed by atoms with Crippen LogP contribution >= 0.6 is 15.9 Å². The van der Waals surface area contributed by atoms with Gasteiger partial charge in [-0.05, 0) is 19.1 Å². The fourth-order valence-corrected chi connectivity index (χ4v) is 2.49. The fraction of sp³-hybridized carbons (Fsp3) is 0.357. The average molecular weight is 339 g/mol. The average Bonchev–Trinajstić information content (AvgIpc) is 2.44. The molecule has 0 N–H and O–H groups in total. The third-order valence-corrected chi connectivity index (χ3v) is 3.75. The lowest BCUT2D eigenvalue weighted by atomic mass is 10.1. The molecule has 0 atom stereocenters.